The van der Waals surface area contributed by atoms with E-state index in [1.54, 1.807) is 25.3 Å². The molecule has 1 heterocycles. The number of aliphatic hydroxyl groups is 1. The van der Waals surface area contributed by atoms with Crippen molar-refractivity contribution in [2.75, 3.05) is 13.2 Å². The third-order valence-corrected chi connectivity index (χ3v) is 3.13. The van der Waals surface area contributed by atoms with Crippen LogP contribution < -0.4 is 0 Å². The normalized spacial score (nSPS) is 9.77. The van der Waals surface area contributed by atoms with Gasteiger partial charge in [0, 0.05) is 19.0 Å². The Hall–Kier alpha value is -1.42. The van der Waals surface area contributed by atoms with E-state index in [9.17, 15) is 4.79 Å². The molecule has 0 amide bonds. The molecule has 0 unspecified atom stereocenters. The van der Waals surface area contributed by atoms with Crippen LogP contribution in [0.3, 0.4) is 0 Å². The molecule has 4 nitrogen and oxygen atoms in total. The van der Waals surface area contributed by atoms with Crippen LogP contribution in [-0.2, 0) is 4.74 Å². The van der Waals surface area contributed by atoms with Gasteiger partial charge in [-0.1, -0.05) is 51.9 Å². The van der Waals surface area contributed by atoms with E-state index in [1.165, 1.54) is 44.7 Å². The summed E-state index contributed by atoms with van der Waals surface area (Å²) >= 11 is 0. The summed E-state index contributed by atoms with van der Waals surface area (Å²) in [7, 11) is 0. The molecule has 126 valence electrons. The molecular formula is C18H31NO3. The smallest absolute Gasteiger partial charge is 0.339 e. The highest BCUT2D eigenvalue weighted by molar-refractivity contribution is 5.88. The highest BCUT2D eigenvalue weighted by atomic mass is 16.5. The lowest BCUT2D eigenvalue weighted by molar-refractivity contribution is 0.0497. The summed E-state index contributed by atoms with van der Waals surface area (Å²) in [4.78, 5) is 15.5. The van der Waals surface area contributed by atoms with Crippen molar-refractivity contribution in [1.82, 2.24) is 4.98 Å². The van der Waals surface area contributed by atoms with Crippen molar-refractivity contribution in [1.29, 1.82) is 0 Å². The molecule has 0 aliphatic carbocycles. The second-order valence-corrected chi connectivity index (χ2v) is 5.17. The van der Waals surface area contributed by atoms with Gasteiger partial charge in [0.05, 0.1) is 12.2 Å². The zero-order chi connectivity index (χ0) is 16.5. The average molecular weight is 309 g/mol. The molecule has 4 heteroatoms. The van der Waals surface area contributed by atoms with Crippen molar-refractivity contribution in [3.63, 3.8) is 0 Å². The molecule has 0 radical (unpaired) electrons. The van der Waals surface area contributed by atoms with Crippen molar-refractivity contribution < 1.29 is 14.6 Å². The van der Waals surface area contributed by atoms with E-state index in [1.807, 2.05) is 0 Å². The minimum absolute atomic E-state index is 0.250. The number of carbonyl (C=O) groups is 1. The Morgan fingerprint density at radius 1 is 1.09 bits per heavy atom. The second kappa shape index (κ2) is 16.0. The molecule has 0 fully saturated rings. The van der Waals surface area contributed by atoms with E-state index in [0.29, 0.717) is 12.2 Å². The number of hydrogen-bond acceptors (Lipinski definition) is 4. The van der Waals surface area contributed by atoms with Gasteiger partial charge in [-0.25, -0.2) is 4.79 Å². The van der Waals surface area contributed by atoms with Gasteiger partial charge >= 0.3 is 5.97 Å². The fourth-order valence-corrected chi connectivity index (χ4v) is 1.97. The van der Waals surface area contributed by atoms with E-state index in [4.69, 9.17) is 9.84 Å². The zero-order valence-electron chi connectivity index (χ0n) is 14.1. The summed E-state index contributed by atoms with van der Waals surface area (Å²) in [6, 6.07) is 3.47. The highest BCUT2D eigenvalue weighted by Gasteiger charge is 2.05. The molecule has 0 spiro atoms. The number of aliphatic hydroxyl groups excluding tert-OH is 1. The van der Waals surface area contributed by atoms with Gasteiger partial charge in [-0.2, -0.15) is 0 Å². The number of unbranched alkanes of at least 4 members (excludes halogenated alkanes) is 7. The van der Waals surface area contributed by atoms with E-state index in [-0.39, 0.29) is 12.6 Å². The number of aromatic nitrogens is 1. The molecule has 1 rings (SSSR count). The second-order valence-electron chi connectivity index (χ2n) is 5.17. The lowest BCUT2D eigenvalue weighted by Crippen LogP contribution is -2.06. The topological polar surface area (TPSA) is 59.4 Å². The van der Waals surface area contributed by atoms with Gasteiger partial charge in [0.1, 0.15) is 0 Å². The van der Waals surface area contributed by atoms with Gasteiger partial charge in [0.25, 0.3) is 0 Å². The Kier molecular flexibility index (Phi) is 14.9. The predicted octanol–water partition coefficient (Wildman–Crippen LogP) is 4.38. The first kappa shape index (κ1) is 20.6. The van der Waals surface area contributed by atoms with Crippen LogP contribution in [-0.4, -0.2) is 29.3 Å². The van der Waals surface area contributed by atoms with E-state index in [0.717, 1.165) is 12.8 Å². The molecule has 1 aromatic heterocycles. The van der Waals surface area contributed by atoms with Crippen LogP contribution in [0.25, 0.3) is 0 Å². The molecular weight excluding hydrogens is 278 g/mol. The first-order chi connectivity index (χ1) is 10.8. The van der Waals surface area contributed by atoms with Crippen LogP contribution in [0.1, 0.15) is 75.6 Å². The van der Waals surface area contributed by atoms with Crippen molar-refractivity contribution in [2.24, 2.45) is 0 Å². The quantitative estimate of drug-likeness (QED) is 0.515. The Morgan fingerprint density at radius 3 is 2.23 bits per heavy atom. The number of hydrogen-bond donors (Lipinski definition) is 1. The van der Waals surface area contributed by atoms with Gasteiger partial charge in [0.15, 0.2) is 0 Å². The zero-order valence-corrected chi connectivity index (χ0v) is 14.1. The lowest BCUT2D eigenvalue weighted by atomic mass is 10.1. The number of esters is 1. The van der Waals surface area contributed by atoms with Crippen molar-refractivity contribution in [3.8, 4) is 0 Å². The fraction of sp³-hybridized carbons (Fsp3) is 0.667. The van der Waals surface area contributed by atoms with Gasteiger partial charge in [-0.05, 0) is 25.5 Å². The summed E-state index contributed by atoms with van der Waals surface area (Å²) in [5.74, 6) is -0.268. The minimum Gasteiger partial charge on any atom is -0.462 e. The van der Waals surface area contributed by atoms with Crippen LogP contribution in [0.2, 0.25) is 0 Å². The molecule has 0 saturated heterocycles. The first-order valence-corrected chi connectivity index (χ1v) is 8.44. The van der Waals surface area contributed by atoms with Crippen LogP contribution in [0.5, 0.6) is 0 Å². The Balaban J connectivity index is 0.00000135. The predicted molar refractivity (Wildman–Crippen MR) is 89.9 cm³/mol. The highest BCUT2D eigenvalue weighted by Crippen LogP contribution is 2.08. The molecule has 0 bridgehead atoms. The molecule has 0 aliphatic heterocycles. The maximum atomic E-state index is 11.6. The van der Waals surface area contributed by atoms with Gasteiger partial charge in [-0.3, -0.25) is 4.98 Å². The molecule has 22 heavy (non-hydrogen) atoms. The number of ether oxygens (including phenoxy) is 1. The van der Waals surface area contributed by atoms with Gasteiger partial charge < -0.3 is 9.84 Å². The van der Waals surface area contributed by atoms with Crippen LogP contribution in [0, 0.1) is 0 Å². The Labute approximate surface area is 134 Å². The maximum Gasteiger partial charge on any atom is 0.339 e. The molecule has 0 aromatic carbocycles. The monoisotopic (exact) mass is 309 g/mol. The largest absolute Gasteiger partial charge is 0.462 e. The number of nitrogens with zero attached hydrogens (tertiary/aromatic N) is 1. The molecule has 1 N–H and O–H groups in total. The molecule has 0 aliphatic rings. The van der Waals surface area contributed by atoms with E-state index >= 15 is 0 Å². The Bertz CT molecular complexity index is 355. The van der Waals surface area contributed by atoms with Crippen molar-refractivity contribution >= 4 is 5.97 Å². The van der Waals surface area contributed by atoms with Gasteiger partial charge in [-0.15, -0.1) is 0 Å². The summed E-state index contributed by atoms with van der Waals surface area (Å²) in [5, 5.41) is 7.57. The Morgan fingerprint density at radius 2 is 1.68 bits per heavy atom. The van der Waals surface area contributed by atoms with E-state index in [2.05, 4.69) is 11.9 Å². The molecule has 0 saturated carbocycles. The SMILES string of the molecule is CCCCCCCCCCOC(=O)c1cccnc1.CCO. The standard InChI is InChI=1S/C16H25NO2.C2H6O/c1-2-3-4-5-6-7-8-9-13-19-16(18)15-11-10-12-17-14-15;1-2-3/h10-12,14H,2-9,13H2,1H3;3H,2H2,1H3. The summed E-state index contributed by atoms with van der Waals surface area (Å²) in [6.45, 7) is 4.68. The summed E-state index contributed by atoms with van der Waals surface area (Å²) in [5.41, 5.74) is 0.530. The third kappa shape index (κ3) is 12.3. The average Bonchev–Trinajstić information content (AvgIpc) is 2.54. The van der Waals surface area contributed by atoms with Crippen molar-refractivity contribution in [3.05, 3.63) is 30.1 Å². The summed E-state index contributed by atoms with van der Waals surface area (Å²) < 4.78 is 5.19. The van der Waals surface area contributed by atoms with Crippen LogP contribution >= 0.6 is 0 Å². The van der Waals surface area contributed by atoms with Crippen molar-refractivity contribution in [2.45, 2.75) is 65.2 Å². The van der Waals surface area contributed by atoms with E-state index < -0.39 is 0 Å². The number of carbonyl (C=O) groups excluding carboxylic acids is 1. The van der Waals surface area contributed by atoms with Crippen LogP contribution in [0.15, 0.2) is 24.5 Å². The number of rotatable bonds is 10. The summed E-state index contributed by atoms with van der Waals surface area (Å²) in [6.07, 6.45) is 13.2. The molecule has 1 aromatic rings. The molecule has 0 atom stereocenters. The fourth-order valence-electron chi connectivity index (χ4n) is 1.97. The number of pyridine rings is 1. The lowest BCUT2D eigenvalue weighted by Gasteiger charge is -2.04. The van der Waals surface area contributed by atoms with Gasteiger partial charge in [0.2, 0.25) is 0 Å². The van der Waals surface area contributed by atoms with Crippen LogP contribution in [0.4, 0.5) is 0 Å². The first-order valence-electron chi connectivity index (χ1n) is 8.44. The minimum atomic E-state index is -0.268. The third-order valence-electron chi connectivity index (χ3n) is 3.13. The maximum absolute atomic E-state index is 11.6.